The average molecular weight is 605 g/mol. The van der Waals surface area contributed by atoms with Gasteiger partial charge in [-0.1, -0.05) is 26.8 Å². The zero-order valence-electron chi connectivity index (χ0n) is 26.1. The van der Waals surface area contributed by atoms with E-state index in [-0.39, 0.29) is 17.1 Å². The van der Waals surface area contributed by atoms with E-state index in [4.69, 9.17) is 0 Å². The van der Waals surface area contributed by atoms with Crippen molar-refractivity contribution in [3.05, 3.63) is 79.0 Å². The van der Waals surface area contributed by atoms with Gasteiger partial charge in [-0.3, -0.25) is 14.9 Å². The zero-order chi connectivity index (χ0) is 31.7. The summed E-state index contributed by atoms with van der Waals surface area (Å²) in [6, 6.07) is 16.9. The highest BCUT2D eigenvalue weighted by atomic mass is 19.1. The monoisotopic (exact) mass is 604 g/mol. The molecule has 6 aromatic rings. The minimum absolute atomic E-state index is 0.0455. The summed E-state index contributed by atoms with van der Waals surface area (Å²) < 4.78 is 14.7. The molecule has 10 heteroatoms. The topological polar surface area (TPSA) is 115 Å². The van der Waals surface area contributed by atoms with E-state index in [1.807, 2.05) is 71.3 Å². The molecule has 0 atom stereocenters. The van der Waals surface area contributed by atoms with Crippen LogP contribution in [0.1, 0.15) is 27.2 Å². The van der Waals surface area contributed by atoms with Crippen molar-refractivity contribution < 1.29 is 9.18 Å². The summed E-state index contributed by atoms with van der Waals surface area (Å²) in [5.41, 5.74) is 7.80. The number of anilines is 2. The van der Waals surface area contributed by atoms with Crippen molar-refractivity contribution in [2.45, 2.75) is 27.2 Å². The van der Waals surface area contributed by atoms with Crippen LogP contribution in [0.5, 0.6) is 0 Å². The predicted molar refractivity (Wildman–Crippen MR) is 180 cm³/mol. The zero-order valence-corrected chi connectivity index (χ0v) is 26.1. The van der Waals surface area contributed by atoms with E-state index in [0.717, 1.165) is 62.2 Å². The number of carbonyl (C=O) groups is 1. The van der Waals surface area contributed by atoms with Crippen LogP contribution in [-0.4, -0.2) is 63.1 Å². The second kappa shape index (κ2) is 12.1. The van der Waals surface area contributed by atoms with Gasteiger partial charge in [0.1, 0.15) is 17.2 Å². The number of carbonyl (C=O) groups excluding carboxylic acids is 1. The maximum absolute atomic E-state index is 14.7. The minimum atomic E-state index is -0.307. The van der Waals surface area contributed by atoms with Crippen LogP contribution in [0.15, 0.2) is 73.2 Å². The lowest BCUT2D eigenvalue weighted by atomic mass is 9.92. The Morgan fingerprint density at radius 2 is 1.76 bits per heavy atom. The number of nitrogens with zero attached hydrogens (tertiary/aromatic N) is 4. The maximum Gasteiger partial charge on any atom is 0.224 e. The molecule has 9 nitrogen and oxygen atoms in total. The third-order valence-corrected chi connectivity index (χ3v) is 7.49. The quantitative estimate of drug-likeness (QED) is 0.137. The highest BCUT2D eigenvalue weighted by Gasteiger charge is 2.18. The number of nitrogens with one attached hydrogen (secondary N) is 4. The molecule has 4 N–H and O–H groups in total. The number of hydrogen-bond donors (Lipinski definition) is 4. The Bertz CT molecular complexity index is 2000. The summed E-state index contributed by atoms with van der Waals surface area (Å²) >= 11 is 0. The van der Waals surface area contributed by atoms with Crippen LogP contribution >= 0.6 is 0 Å². The SMILES string of the molecule is CN(C)CCNc1cc(F)cc(-c2ccnc3[nH]c(-c4n[nH]c5ccc(-c6cncc(NC(=O)CC(C)(C)C)c6)cc45)cc23)c1. The van der Waals surface area contributed by atoms with Crippen LogP contribution < -0.4 is 10.6 Å². The number of likely N-dealkylation sites (N-methyl/N-ethyl adjacent to an activating group) is 1. The third kappa shape index (κ3) is 6.86. The number of pyridine rings is 2. The van der Waals surface area contributed by atoms with Gasteiger partial charge in [0.2, 0.25) is 5.91 Å². The molecule has 4 heterocycles. The Balaban J connectivity index is 1.33. The number of halogens is 1. The molecule has 1 amide bonds. The molecule has 230 valence electrons. The van der Waals surface area contributed by atoms with Crippen LogP contribution in [0.25, 0.3) is 55.6 Å². The predicted octanol–water partition coefficient (Wildman–Crippen LogP) is 7.32. The fraction of sp³-hybridized carbons (Fsp3) is 0.257. The minimum Gasteiger partial charge on any atom is -0.384 e. The molecule has 0 saturated heterocycles. The first-order valence-corrected chi connectivity index (χ1v) is 14.9. The summed E-state index contributed by atoms with van der Waals surface area (Å²) in [4.78, 5) is 26.9. The Labute approximate surface area is 261 Å². The molecule has 0 spiro atoms. The number of benzene rings is 2. The molecule has 0 bridgehead atoms. The Morgan fingerprint density at radius 3 is 2.56 bits per heavy atom. The number of amides is 1. The molecule has 0 aliphatic rings. The van der Waals surface area contributed by atoms with E-state index in [1.165, 1.54) is 6.07 Å². The Hall–Kier alpha value is -5.09. The summed E-state index contributed by atoms with van der Waals surface area (Å²) in [6.45, 7) is 7.64. The normalized spacial score (nSPS) is 11.9. The number of rotatable bonds is 9. The maximum atomic E-state index is 14.7. The molecule has 0 aliphatic heterocycles. The van der Waals surface area contributed by atoms with Gasteiger partial charge in [0.25, 0.3) is 0 Å². The van der Waals surface area contributed by atoms with Gasteiger partial charge in [-0.25, -0.2) is 9.37 Å². The Morgan fingerprint density at radius 1 is 0.933 bits per heavy atom. The molecular weight excluding hydrogens is 567 g/mol. The van der Waals surface area contributed by atoms with Crippen LogP contribution in [-0.2, 0) is 4.79 Å². The molecule has 0 fully saturated rings. The number of fused-ring (bicyclic) bond motifs is 2. The highest BCUT2D eigenvalue weighted by molar-refractivity contribution is 6.01. The lowest BCUT2D eigenvalue weighted by Gasteiger charge is -2.17. The first-order chi connectivity index (χ1) is 21.5. The number of H-pyrrole nitrogens is 2. The van der Waals surface area contributed by atoms with Crippen molar-refractivity contribution >= 4 is 39.2 Å². The van der Waals surface area contributed by atoms with Crippen molar-refractivity contribution in [2.24, 2.45) is 5.41 Å². The molecule has 6 rings (SSSR count). The van der Waals surface area contributed by atoms with Crippen molar-refractivity contribution in [1.82, 2.24) is 30.0 Å². The van der Waals surface area contributed by atoms with E-state index in [1.54, 1.807) is 24.7 Å². The van der Waals surface area contributed by atoms with Gasteiger partial charge in [0, 0.05) is 53.9 Å². The van der Waals surface area contributed by atoms with Crippen molar-refractivity contribution in [3.63, 3.8) is 0 Å². The van der Waals surface area contributed by atoms with Gasteiger partial charge in [-0.15, -0.1) is 0 Å². The fourth-order valence-corrected chi connectivity index (χ4v) is 5.43. The molecule has 0 saturated carbocycles. The van der Waals surface area contributed by atoms with Gasteiger partial charge in [-0.2, -0.15) is 5.10 Å². The molecule has 2 aromatic carbocycles. The molecule has 0 aliphatic carbocycles. The molecular formula is C35H37FN8O. The van der Waals surface area contributed by atoms with Gasteiger partial charge in [0.05, 0.1) is 23.1 Å². The lowest BCUT2D eigenvalue weighted by molar-refractivity contribution is -0.117. The van der Waals surface area contributed by atoms with Crippen LogP contribution in [0.3, 0.4) is 0 Å². The van der Waals surface area contributed by atoms with Gasteiger partial charge < -0.3 is 20.5 Å². The van der Waals surface area contributed by atoms with Gasteiger partial charge >= 0.3 is 0 Å². The molecule has 45 heavy (non-hydrogen) atoms. The summed E-state index contributed by atoms with van der Waals surface area (Å²) in [5, 5.41) is 15.8. The van der Waals surface area contributed by atoms with E-state index < -0.39 is 0 Å². The van der Waals surface area contributed by atoms with E-state index >= 15 is 0 Å². The smallest absolute Gasteiger partial charge is 0.224 e. The van der Waals surface area contributed by atoms with Crippen LogP contribution in [0, 0.1) is 11.2 Å². The average Bonchev–Trinajstić information content (AvgIpc) is 3.59. The number of hydrogen-bond acceptors (Lipinski definition) is 6. The molecule has 0 radical (unpaired) electrons. The fourth-order valence-electron chi connectivity index (χ4n) is 5.43. The summed E-state index contributed by atoms with van der Waals surface area (Å²) in [7, 11) is 4.01. The van der Waals surface area contributed by atoms with E-state index in [2.05, 4.69) is 46.7 Å². The second-order valence-electron chi connectivity index (χ2n) is 12.8. The highest BCUT2D eigenvalue weighted by Crippen LogP contribution is 2.36. The van der Waals surface area contributed by atoms with Gasteiger partial charge in [-0.05, 0) is 84.7 Å². The third-order valence-electron chi connectivity index (χ3n) is 7.49. The van der Waals surface area contributed by atoms with Crippen molar-refractivity contribution in [2.75, 3.05) is 37.8 Å². The summed E-state index contributed by atoms with van der Waals surface area (Å²) in [5.74, 6) is -0.352. The first-order valence-electron chi connectivity index (χ1n) is 14.9. The lowest BCUT2D eigenvalue weighted by Crippen LogP contribution is -2.20. The molecule has 4 aromatic heterocycles. The largest absolute Gasteiger partial charge is 0.384 e. The van der Waals surface area contributed by atoms with E-state index in [0.29, 0.717) is 24.3 Å². The van der Waals surface area contributed by atoms with Crippen molar-refractivity contribution in [3.8, 4) is 33.6 Å². The van der Waals surface area contributed by atoms with Gasteiger partial charge in [0.15, 0.2) is 0 Å². The molecule has 0 unspecified atom stereocenters. The number of aromatic amines is 2. The standard InChI is InChI=1S/C35H37FN8O/c1-35(2,3)18-32(45)40-26-14-23(19-37-20-26)21-6-7-30-29(15-21)33(43-42-30)31-17-28-27(8-9-39-34(28)41-31)22-12-24(36)16-25(13-22)38-10-11-44(4)5/h6-9,12-17,19-20,38H,10-11,18H2,1-5H3,(H,39,41)(H,40,45)(H,42,43). The Kier molecular flexibility index (Phi) is 8.07. The van der Waals surface area contributed by atoms with Crippen LogP contribution in [0.2, 0.25) is 0 Å². The summed E-state index contributed by atoms with van der Waals surface area (Å²) in [6.07, 6.45) is 5.57. The van der Waals surface area contributed by atoms with Crippen molar-refractivity contribution in [1.29, 1.82) is 0 Å². The van der Waals surface area contributed by atoms with E-state index in [9.17, 15) is 9.18 Å². The first kappa shape index (κ1) is 30.0. The second-order valence-corrected chi connectivity index (χ2v) is 12.8. The number of aromatic nitrogens is 5. The van der Waals surface area contributed by atoms with Crippen LogP contribution in [0.4, 0.5) is 15.8 Å².